The molecule has 1 atom stereocenters. The van der Waals surface area contributed by atoms with Gasteiger partial charge in [0.2, 0.25) is 5.91 Å². The van der Waals surface area contributed by atoms with Gasteiger partial charge in [-0.1, -0.05) is 29.3 Å². The summed E-state index contributed by atoms with van der Waals surface area (Å²) in [6.45, 7) is 3.43. The van der Waals surface area contributed by atoms with Gasteiger partial charge < -0.3 is 9.05 Å². The van der Waals surface area contributed by atoms with Crippen molar-refractivity contribution >= 4 is 30.8 Å². The van der Waals surface area contributed by atoms with Gasteiger partial charge in [0.1, 0.15) is 0 Å². The van der Waals surface area contributed by atoms with Crippen molar-refractivity contribution in [2.75, 3.05) is 13.2 Å². The Hall–Kier alpha value is -0.120. The second-order valence-corrected chi connectivity index (χ2v) is 6.25. The predicted octanol–water partition coefficient (Wildman–Crippen LogP) is 5.23. The third-order valence-corrected chi connectivity index (χ3v) is 4.94. The Morgan fingerprint density at radius 1 is 1.22 bits per heavy atom. The zero-order valence-corrected chi connectivity index (χ0v) is 12.4. The van der Waals surface area contributed by atoms with E-state index in [-0.39, 0.29) is 23.8 Å². The van der Waals surface area contributed by atoms with Crippen LogP contribution in [0.2, 0.25) is 10.0 Å². The van der Waals surface area contributed by atoms with Crippen molar-refractivity contribution in [2.24, 2.45) is 0 Å². The largest absolute Gasteiger partial charge is 0.369 e. The Balaban J connectivity index is 3.05. The van der Waals surface area contributed by atoms with Crippen LogP contribution in [0.15, 0.2) is 18.2 Å². The lowest BCUT2D eigenvalue weighted by molar-refractivity contribution is 0.190. The van der Waals surface area contributed by atoms with Gasteiger partial charge in [0.25, 0.3) is 0 Å². The highest BCUT2D eigenvalue weighted by Crippen LogP contribution is 2.61. The normalized spacial score (nSPS) is 13.6. The van der Waals surface area contributed by atoms with E-state index < -0.39 is 13.5 Å². The Bertz CT molecular complexity index is 446. The molecule has 3 nitrogen and oxygen atoms in total. The number of benzene rings is 1. The van der Waals surface area contributed by atoms with Gasteiger partial charge in [-0.3, -0.25) is 4.57 Å². The SMILES string of the molecule is CCOP(=O)(OCC)[C@H](F)c1ccc(Cl)c(Cl)c1. The van der Waals surface area contributed by atoms with Crippen molar-refractivity contribution in [1.82, 2.24) is 0 Å². The predicted molar refractivity (Wildman–Crippen MR) is 71.2 cm³/mol. The fourth-order valence-corrected chi connectivity index (χ4v) is 3.26. The van der Waals surface area contributed by atoms with E-state index >= 15 is 0 Å². The number of halogens is 3. The van der Waals surface area contributed by atoms with Gasteiger partial charge in [-0.2, -0.15) is 0 Å². The molecule has 18 heavy (non-hydrogen) atoms. The van der Waals surface area contributed by atoms with Crippen molar-refractivity contribution in [3.8, 4) is 0 Å². The molecule has 0 spiro atoms. The number of alkyl halides is 1. The van der Waals surface area contributed by atoms with E-state index in [0.717, 1.165) is 0 Å². The lowest BCUT2D eigenvalue weighted by atomic mass is 10.2. The first kappa shape index (κ1) is 15.9. The first-order valence-electron chi connectivity index (χ1n) is 5.42. The Morgan fingerprint density at radius 3 is 2.22 bits per heavy atom. The van der Waals surface area contributed by atoms with Gasteiger partial charge in [0.15, 0.2) is 0 Å². The fraction of sp³-hybridized carbons (Fsp3) is 0.455. The van der Waals surface area contributed by atoms with E-state index in [2.05, 4.69) is 0 Å². The number of hydrogen-bond donors (Lipinski definition) is 0. The minimum atomic E-state index is -3.84. The summed E-state index contributed by atoms with van der Waals surface area (Å²) in [5, 5.41) is 0.492. The smallest absolute Gasteiger partial charge is 0.307 e. The molecular formula is C11H14Cl2FO3P. The summed E-state index contributed by atoms with van der Waals surface area (Å²) in [4.78, 5) is 0. The monoisotopic (exact) mass is 314 g/mol. The van der Waals surface area contributed by atoms with Crippen LogP contribution in [0, 0.1) is 0 Å². The molecule has 0 aliphatic rings. The van der Waals surface area contributed by atoms with Crippen LogP contribution in [0.25, 0.3) is 0 Å². The lowest BCUT2D eigenvalue weighted by Gasteiger charge is -2.21. The molecule has 102 valence electrons. The number of rotatable bonds is 6. The zero-order valence-electron chi connectivity index (χ0n) is 10.0. The molecule has 0 N–H and O–H groups in total. The molecule has 1 aromatic rings. The van der Waals surface area contributed by atoms with Crippen LogP contribution >= 0.6 is 30.8 Å². The first-order chi connectivity index (χ1) is 8.44. The summed E-state index contributed by atoms with van der Waals surface area (Å²) >= 11 is 11.5. The third-order valence-electron chi connectivity index (χ3n) is 2.11. The molecule has 0 aliphatic heterocycles. The number of hydrogen-bond acceptors (Lipinski definition) is 3. The van der Waals surface area contributed by atoms with E-state index in [1.165, 1.54) is 18.2 Å². The van der Waals surface area contributed by atoms with E-state index in [0.29, 0.717) is 5.02 Å². The molecule has 1 aromatic carbocycles. The molecule has 0 saturated heterocycles. The molecule has 1 rings (SSSR count). The summed E-state index contributed by atoms with van der Waals surface area (Å²) < 4.78 is 36.3. The summed E-state index contributed by atoms with van der Waals surface area (Å²) in [6.07, 6.45) is 0. The van der Waals surface area contributed by atoms with Crippen LogP contribution in [-0.4, -0.2) is 13.2 Å². The van der Waals surface area contributed by atoms with Crippen LogP contribution in [0.5, 0.6) is 0 Å². The summed E-state index contributed by atoms with van der Waals surface area (Å²) in [7, 11) is -3.84. The van der Waals surface area contributed by atoms with Crippen LogP contribution < -0.4 is 0 Å². The average molecular weight is 315 g/mol. The molecular weight excluding hydrogens is 301 g/mol. The molecule has 0 radical (unpaired) electrons. The molecule has 0 amide bonds. The van der Waals surface area contributed by atoms with Gasteiger partial charge in [-0.25, -0.2) is 4.39 Å². The van der Waals surface area contributed by atoms with Gasteiger partial charge in [-0.15, -0.1) is 0 Å². The maximum Gasteiger partial charge on any atom is 0.369 e. The summed E-state index contributed by atoms with van der Waals surface area (Å²) in [5.74, 6) is -1.88. The molecule has 0 heterocycles. The van der Waals surface area contributed by atoms with Crippen LogP contribution in [0.4, 0.5) is 4.39 Å². The molecule has 0 aliphatic carbocycles. The van der Waals surface area contributed by atoms with Crippen molar-refractivity contribution in [3.05, 3.63) is 33.8 Å². The van der Waals surface area contributed by atoms with Gasteiger partial charge in [0, 0.05) is 0 Å². The first-order valence-corrected chi connectivity index (χ1v) is 7.79. The Morgan fingerprint density at radius 2 is 1.78 bits per heavy atom. The minimum absolute atomic E-state index is 0.0962. The molecule has 0 saturated carbocycles. The van der Waals surface area contributed by atoms with Crippen LogP contribution in [-0.2, 0) is 13.6 Å². The van der Waals surface area contributed by atoms with Crippen LogP contribution in [0.1, 0.15) is 25.3 Å². The fourth-order valence-electron chi connectivity index (χ4n) is 1.37. The zero-order chi connectivity index (χ0) is 13.8. The highest BCUT2D eigenvalue weighted by Gasteiger charge is 2.37. The highest BCUT2D eigenvalue weighted by atomic mass is 35.5. The molecule has 7 heteroatoms. The van der Waals surface area contributed by atoms with E-state index in [1.807, 2.05) is 0 Å². The van der Waals surface area contributed by atoms with Crippen molar-refractivity contribution in [2.45, 2.75) is 19.8 Å². The summed E-state index contributed by atoms with van der Waals surface area (Å²) in [5.41, 5.74) is 0.120. The van der Waals surface area contributed by atoms with Gasteiger partial charge in [0.05, 0.1) is 23.3 Å². The maximum absolute atomic E-state index is 14.3. The van der Waals surface area contributed by atoms with Gasteiger partial charge in [-0.05, 0) is 31.5 Å². The highest BCUT2D eigenvalue weighted by molar-refractivity contribution is 7.54. The Labute approximate surface area is 116 Å². The summed E-state index contributed by atoms with van der Waals surface area (Å²) in [6, 6.07) is 4.16. The van der Waals surface area contributed by atoms with Crippen molar-refractivity contribution in [3.63, 3.8) is 0 Å². The second kappa shape index (κ2) is 6.88. The van der Waals surface area contributed by atoms with Crippen LogP contribution in [0.3, 0.4) is 0 Å². The van der Waals surface area contributed by atoms with Crippen molar-refractivity contribution in [1.29, 1.82) is 0 Å². The van der Waals surface area contributed by atoms with E-state index in [9.17, 15) is 8.96 Å². The average Bonchev–Trinajstić information content (AvgIpc) is 2.32. The lowest BCUT2D eigenvalue weighted by Crippen LogP contribution is -2.03. The van der Waals surface area contributed by atoms with E-state index in [1.54, 1.807) is 13.8 Å². The minimum Gasteiger partial charge on any atom is -0.307 e. The third kappa shape index (κ3) is 3.69. The Kier molecular flexibility index (Phi) is 6.09. The van der Waals surface area contributed by atoms with E-state index in [4.69, 9.17) is 32.2 Å². The van der Waals surface area contributed by atoms with Crippen molar-refractivity contribution < 1.29 is 18.0 Å². The second-order valence-electron chi connectivity index (χ2n) is 3.38. The maximum atomic E-state index is 14.3. The quantitative estimate of drug-likeness (QED) is 0.675. The standard InChI is InChI=1S/C11H14Cl2FO3P/c1-3-16-18(15,17-4-2)11(14)8-5-6-9(12)10(13)7-8/h5-7,11H,3-4H2,1-2H3/t11-/m0/s1. The molecule has 0 aromatic heterocycles. The molecule has 0 unspecified atom stereocenters. The molecule has 0 fully saturated rings. The molecule has 0 bridgehead atoms. The van der Waals surface area contributed by atoms with Gasteiger partial charge >= 0.3 is 7.60 Å². The topological polar surface area (TPSA) is 35.5 Å².